The molecule has 6 nitrogen and oxygen atoms in total. The predicted octanol–water partition coefficient (Wildman–Crippen LogP) is 2.61. The van der Waals surface area contributed by atoms with Crippen LogP contribution in [0.1, 0.15) is 0 Å². The lowest BCUT2D eigenvalue weighted by atomic mass is 10.1. The summed E-state index contributed by atoms with van der Waals surface area (Å²) in [5, 5.41) is 11.9. The van der Waals surface area contributed by atoms with Gasteiger partial charge in [0.1, 0.15) is 0 Å². The van der Waals surface area contributed by atoms with Crippen molar-refractivity contribution in [3.8, 4) is 11.3 Å². The molecule has 0 aliphatic carbocycles. The van der Waals surface area contributed by atoms with Gasteiger partial charge in [-0.2, -0.15) is 10.1 Å². The number of nitrogens with zero attached hydrogens (tertiary/aromatic N) is 4. The van der Waals surface area contributed by atoms with E-state index in [0.29, 0.717) is 5.95 Å². The molecule has 6 heteroatoms. The van der Waals surface area contributed by atoms with Crippen molar-refractivity contribution in [3.05, 3.63) is 42.7 Å². The molecule has 0 amide bonds. The second-order valence-electron chi connectivity index (χ2n) is 4.69. The number of benzene rings is 1. The molecule has 0 bridgehead atoms. The van der Waals surface area contributed by atoms with Gasteiger partial charge in [-0.05, 0) is 18.2 Å². The Kier molecular flexibility index (Phi) is 2.53. The quantitative estimate of drug-likeness (QED) is 0.588. The van der Waals surface area contributed by atoms with Gasteiger partial charge in [0, 0.05) is 24.2 Å². The molecule has 21 heavy (non-hydrogen) atoms. The second-order valence-corrected chi connectivity index (χ2v) is 4.69. The van der Waals surface area contributed by atoms with E-state index in [1.165, 1.54) is 0 Å². The smallest absolute Gasteiger partial charge is 0.225 e. The van der Waals surface area contributed by atoms with Crippen LogP contribution >= 0.6 is 0 Å². The predicted molar refractivity (Wildman–Crippen MR) is 82.0 cm³/mol. The largest absolute Gasteiger partial charge is 0.357 e. The molecule has 0 aliphatic heterocycles. The Morgan fingerprint density at radius 2 is 2.10 bits per heavy atom. The van der Waals surface area contributed by atoms with Gasteiger partial charge in [0.15, 0.2) is 5.65 Å². The number of anilines is 1. The number of fused-ring (bicyclic) bond motifs is 2. The van der Waals surface area contributed by atoms with Gasteiger partial charge in [0.25, 0.3) is 0 Å². The Morgan fingerprint density at radius 1 is 1.14 bits per heavy atom. The van der Waals surface area contributed by atoms with E-state index < -0.39 is 0 Å². The molecule has 0 radical (unpaired) electrons. The first-order chi connectivity index (χ1) is 10.3. The second kappa shape index (κ2) is 4.52. The minimum absolute atomic E-state index is 0.563. The Bertz CT molecular complexity index is 943. The minimum atomic E-state index is 0.563. The van der Waals surface area contributed by atoms with Crippen LogP contribution in [0.2, 0.25) is 0 Å². The van der Waals surface area contributed by atoms with Crippen LogP contribution < -0.4 is 5.32 Å². The summed E-state index contributed by atoms with van der Waals surface area (Å²) in [7, 11) is 1.80. The van der Waals surface area contributed by atoms with Gasteiger partial charge >= 0.3 is 0 Å². The van der Waals surface area contributed by atoms with E-state index in [-0.39, 0.29) is 0 Å². The maximum atomic E-state index is 4.57. The van der Waals surface area contributed by atoms with E-state index in [9.17, 15) is 0 Å². The lowest BCUT2D eigenvalue weighted by Gasteiger charge is -2.06. The van der Waals surface area contributed by atoms with E-state index in [2.05, 4.69) is 36.5 Å². The van der Waals surface area contributed by atoms with E-state index in [0.717, 1.165) is 33.2 Å². The average molecular weight is 276 g/mol. The normalized spacial score (nSPS) is 11.1. The highest BCUT2D eigenvalue weighted by Gasteiger charge is 2.11. The van der Waals surface area contributed by atoms with Crippen molar-refractivity contribution in [1.29, 1.82) is 0 Å². The maximum absolute atomic E-state index is 4.57. The van der Waals surface area contributed by atoms with Gasteiger partial charge in [-0.15, -0.1) is 0 Å². The summed E-state index contributed by atoms with van der Waals surface area (Å²) in [6.45, 7) is 0. The molecule has 102 valence electrons. The van der Waals surface area contributed by atoms with Crippen molar-refractivity contribution in [2.75, 3.05) is 12.4 Å². The zero-order chi connectivity index (χ0) is 14.2. The molecule has 0 aliphatic rings. The van der Waals surface area contributed by atoms with Crippen molar-refractivity contribution in [1.82, 2.24) is 25.1 Å². The zero-order valence-electron chi connectivity index (χ0n) is 11.3. The van der Waals surface area contributed by atoms with Crippen LogP contribution in [-0.4, -0.2) is 32.2 Å². The molecule has 0 atom stereocenters. The van der Waals surface area contributed by atoms with Crippen molar-refractivity contribution in [2.24, 2.45) is 0 Å². The summed E-state index contributed by atoms with van der Waals surface area (Å²) in [6.07, 6.45) is 3.54. The van der Waals surface area contributed by atoms with Gasteiger partial charge in [-0.1, -0.05) is 12.1 Å². The molecule has 0 saturated heterocycles. The van der Waals surface area contributed by atoms with Crippen LogP contribution in [0.15, 0.2) is 42.7 Å². The summed E-state index contributed by atoms with van der Waals surface area (Å²) < 4.78 is 0. The maximum Gasteiger partial charge on any atom is 0.225 e. The van der Waals surface area contributed by atoms with Gasteiger partial charge in [0.2, 0.25) is 5.95 Å². The van der Waals surface area contributed by atoms with Crippen LogP contribution in [0.25, 0.3) is 33.2 Å². The van der Waals surface area contributed by atoms with Crippen molar-refractivity contribution >= 4 is 27.9 Å². The Hall–Kier alpha value is -3.02. The molecule has 0 spiro atoms. The van der Waals surface area contributed by atoms with Crippen molar-refractivity contribution < 1.29 is 0 Å². The third-order valence-electron chi connectivity index (χ3n) is 3.41. The molecule has 1 aromatic carbocycles. The van der Waals surface area contributed by atoms with Gasteiger partial charge in [-0.25, -0.2) is 4.98 Å². The first-order valence-corrected chi connectivity index (χ1v) is 6.59. The summed E-state index contributed by atoms with van der Waals surface area (Å²) in [5.74, 6) is 0.563. The molecular weight excluding hydrogens is 264 g/mol. The molecule has 3 heterocycles. The standard InChI is InChI=1S/C15H12N6/c1-16-15-19-13(11-8-18-21-14(11)20-15)10-4-5-12-9(7-10)3-2-6-17-12/h2-8H,1H3,(H2,16,18,19,20,21). The molecule has 4 rings (SSSR count). The molecule has 2 N–H and O–H groups in total. The molecule has 0 saturated carbocycles. The first kappa shape index (κ1) is 11.8. The highest BCUT2D eigenvalue weighted by Crippen LogP contribution is 2.28. The SMILES string of the molecule is CNc1nc(-c2ccc3ncccc3c2)c2cn[nH]c2n1. The number of H-pyrrole nitrogens is 1. The molecular formula is C15H12N6. The van der Waals surface area contributed by atoms with E-state index in [1.807, 2.05) is 24.3 Å². The number of rotatable bonds is 2. The van der Waals surface area contributed by atoms with E-state index in [1.54, 1.807) is 19.4 Å². The fourth-order valence-corrected chi connectivity index (χ4v) is 2.39. The summed E-state index contributed by atoms with van der Waals surface area (Å²) in [5.41, 5.74) is 3.55. The number of aromatic nitrogens is 5. The molecule has 0 fully saturated rings. The number of hydrogen-bond donors (Lipinski definition) is 2. The van der Waals surface area contributed by atoms with Gasteiger partial charge < -0.3 is 5.32 Å². The fourth-order valence-electron chi connectivity index (χ4n) is 2.39. The lowest BCUT2D eigenvalue weighted by molar-refractivity contribution is 1.09. The van der Waals surface area contributed by atoms with Crippen LogP contribution in [0.5, 0.6) is 0 Å². The van der Waals surface area contributed by atoms with E-state index >= 15 is 0 Å². The number of hydrogen-bond acceptors (Lipinski definition) is 5. The zero-order valence-corrected chi connectivity index (χ0v) is 11.3. The lowest BCUT2D eigenvalue weighted by Crippen LogP contribution is -1.98. The van der Waals surface area contributed by atoms with Crippen LogP contribution in [0, 0.1) is 0 Å². The summed E-state index contributed by atoms with van der Waals surface area (Å²) >= 11 is 0. The number of nitrogens with one attached hydrogen (secondary N) is 2. The van der Waals surface area contributed by atoms with Gasteiger partial charge in [0.05, 0.1) is 22.8 Å². The first-order valence-electron chi connectivity index (χ1n) is 6.59. The molecule has 4 aromatic rings. The van der Waals surface area contributed by atoms with Gasteiger partial charge in [-0.3, -0.25) is 10.1 Å². The van der Waals surface area contributed by atoms with E-state index in [4.69, 9.17) is 0 Å². The number of aromatic amines is 1. The Balaban J connectivity index is 2.00. The van der Waals surface area contributed by atoms with Crippen LogP contribution in [0.3, 0.4) is 0 Å². The third kappa shape index (κ3) is 1.88. The summed E-state index contributed by atoms with van der Waals surface area (Å²) in [6, 6.07) is 10.1. The van der Waals surface area contributed by atoms with Crippen molar-refractivity contribution in [3.63, 3.8) is 0 Å². The summed E-state index contributed by atoms with van der Waals surface area (Å²) in [4.78, 5) is 13.3. The topological polar surface area (TPSA) is 79.4 Å². The Labute approximate surface area is 120 Å². The monoisotopic (exact) mass is 276 g/mol. The highest BCUT2D eigenvalue weighted by atomic mass is 15.2. The molecule has 3 aromatic heterocycles. The average Bonchev–Trinajstić information content (AvgIpc) is 3.01. The molecule has 0 unspecified atom stereocenters. The van der Waals surface area contributed by atoms with Crippen LogP contribution in [0.4, 0.5) is 5.95 Å². The highest BCUT2D eigenvalue weighted by molar-refractivity contribution is 5.93. The fraction of sp³-hybridized carbons (Fsp3) is 0.0667. The third-order valence-corrected chi connectivity index (χ3v) is 3.41. The number of pyridine rings is 1. The Morgan fingerprint density at radius 3 is 3.00 bits per heavy atom. The van der Waals surface area contributed by atoms with Crippen molar-refractivity contribution in [2.45, 2.75) is 0 Å². The minimum Gasteiger partial charge on any atom is -0.357 e. The van der Waals surface area contributed by atoms with Crippen LogP contribution in [-0.2, 0) is 0 Å².